The van der Waals surface area contributed by atoms with E-state index < -0.39 is 0 Å². The van der Waals surface area contributed by atoms with Gasteiger partial charge in [-0.25, -0.2) is 0 Å². The predicted molar refractivity (Wildman–Crippen MR) is 177 cm³/mol. The van der Waals surface area contributed by atoms with Gasteiger partial charge in [-0.15, -0.1) is 0 Å². The van der Waals surface area contributed by atoms with E-state index in [1.165, 1.54) is 0 Å². The fraction of sp³-hybridized carbons (Fsp3) is 0.438. The molecule has 0 unspecified atom stereocenters. The number of nitrogens with zero attached hydrogens (tertiary/aromatic N) is 4. The Balaban J connectivity index is 1.61. The van der Waals surface area contributed by atoms with E-state index in [1.807, 2.05) is 72.4 Å². The molecule has 4 rings (SSSR count). The van der Waals surface area contributed by atoms with Crippen molar-refractivity contribution in [3.63, 3.8) is 0 Å². The number of fused-ring (bicyclic) bond motifs is 2. The fourth-order valence-corrected chi connectivity index (χ4v) is 11.8. The number of aromatic nitrogens is 2. The molecule has 2 aromatic heterocycles. The summed E-state index contributed by atoms with van der Waals surface area (Å²) in [5.74, 6) is 0.104. The third kappa shape index (κ3) is 7.31. The summed E-state index contributed by atoms with van der Waals surface area (Å²) in [5, 5.41) is 1.93. The topological polar surface area (TPSA) is 78.7 Å². The van der Waals surface area contributed by atoms with Gasteiger partial charge in [0.05, 0.1) is 0 Å². The summed E-state index contributed by atoms with van der Waals surface area (Å²) in [6.07, 6.45) is 0. The first kappa shape index (κ1) is 32.3. The molecule has 2 heterocycles. The number of hydrogen-bond donors (Lipinski definition) is 2. The molecule has 2 N–H and O–H groups in total. The van der Waals surface area contributed by atoms with Crippen LogP contribution in [0.2, 0.25) is 0 Å². The number of amides is 2. The van der Waals surface area contributed by atoms with Crippen molar-refractivity contribution < 1.29 is 9.59 Å². The van der Waals surface area contributed by atoms with Crippen molar-refractivity contribution >= 4 is 69.1 Å². The zero-order chi connectivity index (χ0) is 30.2. The van der Waals surface area contributed by atoms with Crippen LogP contribution in [0.25, 0.3) is 21.8 Å². The van der Waals surface area contributed by atoms with Gasteiger partial charge < -0.3 is 0 Å². The summed E-state index contributed by atoms with van der Waals surface area (Å²) >= 11 is -0.0984. The molecule has 2 amide bonds. The van der Waals surface area contributed by atoms with Gasteiger partial charge >= 0.3 is 262 Å². The molecule has 0 atom stereocenters. The van der Waals surface area contributed by atoms with Gasteiger partial charge in [-0.2, -0.15) is 0 Å². The first-order valence-corrected chi connectivity index (χ1v) is 20.9. The second-order valence-electron chi connectivity index (χ2n) is 10.4. The summed E-state index contributed by atoms with van der Waals surface area (Å²) in [7, 11) is 3.80. The van der Waals surface area contributed by atoms with Gasteiger partial charge in [0.2, 0.25) is 0 Å². The Bertz CT molecular complexity index is 1380. The molecule has 0 aliphatic heterocycles. The van der Waals surface area contributed by atoms with Crippen molar-refractivity contribution in [1.29, 1.82) is 0 Å². The van der Waals surface area contributed by atoms with Crippen LogP contribution in [-0.2, 0) is 0 Å². The minimum atomic E-state index is -0.0492. The molecule has 0 saturated heterocycles. The third-order valence-corrected chi connectivity index (χ3v) is 14.7. The molecule has 2 aromatic carbocycles. The summed E-state index contributed by atoms with van der Waals surface area (Å²) in [4.78, 5) is 43.2. The molecule has 226 valence electrons. The van der Waals surface area contributed by atoms with Crippen LogP contribution in [0.4, 0.5) is 0 Å². The van der Waals surface area contributed by atoms with Crippen molar-refractivity contribution in [3.05, 3.63) is 59.7 Å². The summed E-state index contributed by atoms with van der Waals surface area (Å²) < 4.78 is 1.99. The van der Waals surface area contributed by atoms with Gasteiger partial charge in [-0.3, -0.25) is 0 Å². The zero-order valence-electron chi connectivity index (χ0n) is 25.7. The zero-order valence-corrected chi connectivity index (χ0v) is 29.1. The molecule has 8 nitrogen and oxygen atoms in total. The van der Waals surface area contributed by atoms with E-state index in [-0.39, 0.29) is 38.1 Å². The van der Waals surface area contributed by atoms with Gasteiger partial charge in [0, 0.05) is 0 Å². The predicted octanol–water partition coefficient (Wildman–Crippen LogP) is 2.75. The third-order valence-electron chi connectivity index (χ3n) is 7.96. The van der Waals surface area contributed by atoms with Crippen LogP contribution < -0.4 is 9.18 Å². The molecule has 4 aromatic rings. The molecular formula is C32H44N6O2Se2. The minimum absolute atomic E-state index is 0.0492. The van der Waals surface area contributed by atoms with E-state index in [1.54, 1.807) is 0 Å². The molecule has 0 aliphatic rings. The molecule has 0 bridgehead atoms. The number of carbonyl (C=O) groups is 2. The number of hydrogen-bond acceptors (Lipinski definition) is 4. The number of nitrogens with one attached hydrogen (secondary N) is 2. The molecule has 0 aliphatic carbocycles. The molecule has 0 spiro atoms. The van der Waals surface area contributed by atoms with Gasteiger partial charge in [-0.05, 0) is 0 Å². The summed E-state index contributed by atoms with van der Waals surface area (Å²) in [5.41, 5.74) is 3.51. The van der Waals surface area contributed by atoms with Crippen LogP contribution in [-0.4, -0.2) is 134 Å². The number of carbonyl (C=O) groups excluding carboxylic acids is 2. The van der Waals surface area contributed by atoms with E-state index in [0.717, 1.165) is 81.4 Å². The number of likely N-dealkylation sites (N-methyl/N-ethyl adjacent to an activating group) is 4. The molecular weight excluding hydrogens is 658 g/mol. The normalized spacial score (nSPS) is 11.7. The Hall–Kier alpha value is -2.58. The fourth-order valence-electron chi connectivity index (χ4n) is 5.11. The van der Waals surface area contributed by atoms with E-state index in [0.29, 0.717) is 13.1 Å². The van der Waals surface area contributed by atoms with E-state index in [2.05, 4.69) is 47.5 Å². The van der Waals surface area contributed by atoms with Crippen molar-refractivity contribution in [2.45, 2.75) is 27.7 Å². The van der Waals surface area contributed by atoms with Crippen LogP contribution >= 0.6 is 0 Å². The molecule has 0 saturated carbocycles. The maximum absolute atomic E-state index is 13.9. The molecule has 42 heavy (non-hydrogen) atoms. The number of rotatable bonds is 15. The van der Waals surface area contributed by atoms with Crippen LogP contribution in [0.5, 0.6) is 0 Å². The van der Waals surface area contributed by atoms with Gasteiger partial charge in [0.1, 0.15) is 0 Å². The van der Waals surface area contributed by atoms with Crippen LogP contribution in [0.15, 0.2) is 48.5 Å². The van der Waals surface area contributed by atoms with Crippen LogP contribution in [0.1, 0.15) is 48.4 Å². The summed E-state index contributed by atoms with van der Waals surface area (Å²) in [6.45, 7) is 15.6. The maximum atomic E-state index is 13.9. The van der Waals surface area contributed by atoms with E-state index >= 15 is 0 Å². The molecule has 0 fully saturated rings. The first-order chi connectivity index (χ1) is 20.3. The van der Waals surface area contributed by atoms with Crippen molar-refractivity contribution in [3.8, 4) is 0 Å². The summed E-state index contributed by atoms with van der Waals surface area (Å²) in [6, 6.07) is 16.1. The number of para-hydroxylation sites is 2. The molecule has 0 radical (unpaired) electrons. The quantitative estimate of drug-likeness (QED) is 0.187. The van der Waals surface area contributed by atoms with Crippen molar-refractivity contribution in [2.24, 2.45) is 0 Å². The average molecular weight is 703 g/mol. The number of aromatic amines is 2. The van der Waals surface area contributed by atoms with Gasteiger partial charge in [0.25, 0.3) is 0 Å². The van der Waals surface area contributed by atoms with Crippen molar-refractivity contribution in [1.82, 2.24) is 29.6 Å². The van der Waals surface area contributed by atoms with E-state index in [9.17, 15) is 9.59 Å². The Kier molecular flexibility index (Phi) is 11.7. The Labute approximate surface area is 261 Å². The first-order valence-electron chi connectivity index (χ1n) is 14.8. The average Bonchev–Trinajstić information content (AvgIpc) is 3.57. The Morgan fingerprint density at radius 3 is 1.31 bits per heavy atom. The number of H-pyrrole nitrogens is 2. The molecule has 10 heteroatoms. The van der Waals surface area contributed by atoms with Crippen molar-refractivity contribution in [2.75, 3.05) is 66.5 Å². The second kappa shape index (κ2) is 15.2. The Morgan fingerprint density at radius 1 is 0.595 bits per heavy atom. The monoisotopic (exact) mass is 704 g/mol. The van der Waals surface area contributed by atoms with Gasteiger partial charge in [0.15, 0.2) is 0 Å². The number of benzene rings is 2. The van der Waals surface area contributed by atoms with Gasteiger partial charge in [-0.1, -0.05) is 0 Å². The van der Waals surface area contributed by atoms with Crippen LogP contribution in [0.3, 0.4) is 0 Å². The van der Waals surface area contributed by atoms with E-state index in [4.69, 9.17) is 0 Å². The SMILES string of the molecule is CCN(CC)CCN(C)C(=O)c1c([Se][Se]c2[nH]c3ccccc3c2C(=O)N(C)CCN(CC)CC)[nH]c2ccccc12. The van der Waals surface area contributed by atoms with Crippen LogP contribution in [0, 0.1) is 0 Å². The standard InChI is InChI=1S/C32H44N6O2Se2/c1-7-37(8-2)21-19-35(5)31(39)27-23-15-11-13-17-25(23)33-29(27)41-42-30-28(24-16-12-14-18-26(24)34-30)32(40)36(6)20-22-38(9-3)10-4/h11-18,33-34H,7-10,19-22H2,1-6H3. The Morgan fingerprint density at radius 2 is 0.952 bits per heavy atom. The second-order valence-corrected chi connectivity index (χ2v) is 16.5.